The molecule has 1 atom stereocenters. The van der Waals surface area contributed by atoms with Gasteiger partial charge in [0.1, 0.15) is 0 Å². The molecule has 0 amide bonds. The van der Waals surface area contributed by atoms with Crippen molar-refractivity contribution in [3.8, 4) is 11.5 Å². The lowest BCUT2D eigenvalue weighted by Gasteiger charge is -2.34. The molecule has 1 saturated heterocycles. The van der Waals surface area contributed by atoms with Crippen LogP contribution in [0.3, 0.4) is 0 Å². The minimum absolute atomic E-state index is 0.0791. The lowest BCUT2D eigenvalue weighted by atomic mass is 10.0. The van der Waals surface area contributed by atoms with Gasteiger partial charge in [-0.25, -0.2) is 8.78 Å². The number of phenols is 1. The van der Waals surface area contributed by atoms with Crippen molar-refractivity contribution in [2.75, 3.05) is 33.3 Å². The van der Waals surface area contributed by atoms with E-state index in [-0.39, 0.29) is 11.5 Å². The van der Waals surface area contributed by atoms with Gasteiger partial charge in [-0.05, 0) is 33.6 Å². The van der Waals surface area contributed by atoms with Crippen LogP contribution in [-0.4, -0.2) is 49.7 Å². The van der Waals surface area contributed by atoms with E-state index in [4.69, 9.17) is 4.74 Å². The van der Waals surface area contributed by atoms with Crippen LogP contribution < -0.4 is 10.1 Å². The normalized spacial score (nSPS) is 18.2. The summed E-state index contributed by atoms with van der Waals surface area (Å²) in [7, 11) is 1.40. The molecule has 0 saturated carbocycles. The lowest BCUT2D eigenvalue weighted by molar-refractivity contribution is 0.0180. The number of halogens is 3. The molecule has 4 nitrogen and oxygen atoms in total. The third-order valence-electron chi connectivity index (χ3n) is 3.40. The molecule has 2 N–H and O–H groups in total. The zero-order valence-corrected chi connectivity index (χ0v) is 12.7. The van der Waals surface area contributed by atoms with Crippen molar-refractivity contribution in [1.29, 1.82) is 0 Å². The number of hydrogen-bond acceptors (Lipinski definition) is 4. The summed E-state index contributed by atoms with van der Waals surface area (Å²) in [5, 5.41) is 12.9. The number of methoxy groups -OCH3 is 1. The highest BCUT2D eigenvalue weighted by Gasteiger charge is 2.31. The fourth-order valence-electron chi connectivity index (χ4n) is 2.40. The number of nitrogens with one attached hydrogen (secondary N) is 1. The summed E-state index contributed by atoms with van der Waals surface area (Å²) in [6, 6.07) is 2.00. The van der Waals surface area contributed by atoms with Gasteiger partial charge in [-0.1, -0.05) is 0 Å². The average molecular weight is 351 g/mol. The Hall–Kier alpha value is -0.920. The van der Waals surface area contributed by atoms with Crippen molar-refractivity contribution in [1.82, 2.24) is 10.2 Å². The number of hydrogen-bond donors (Lipinski definition) is 2. The molecular weight excluding hydrogens is 334 g/mol. The summed E-state index contributed by atoms with van der Waals surface area (Å²) in [5.41, 5.74) is 0.434. The SMILES string of the molecule is COc1cc([C@H](C(F)F)N2CCNCC2)cc(Br)c1O. The Morgan fingerprint density at radius 3 is 2.55 bits per heavy atom. The Morgan fingerprint density at radius 1 is 1.35 bits per heavy atom. The first-order valence-corrected chi connectivity index (χ1v) is 7.13. The standard InChI is InChI=1S/C13H17BrF2N2O2/c1-20-10-7-8(6-9(14)12(10)19)11(13(15)16)18-4-2-17-3-5-18/h6-7,11,13,17,19H,2-5H2,1H3/t11-/m1/s1. The molecule has 1 aromatic carbocycles. The molecule has 0 aromatic heterocycles. The Kier molecular flexibility index (Phi) is 5.17. The maximum atomic E-state index is 13.5. The Labute approximate surface area is 124 Å². The van der Waals surface area contributed by atoms with E-state index < -0.39 is 12.5 Å². The molecule has 0 spiro atoms. The molecule has 1 aromatic rings. The van der Waals surface area contributed by atoms with E-state index in [1.54, 1.807) is 4.90 Å². The fourth-order valence-corrected chi connectivity index (χ4v) is 2.86. The highest BCUT2D eigenvalue weighted by Crippen LogP contribution is 2.39. The third-order valence-corrected chi connectivity index (χ3v) is 4.00. The number of piperazine rings is 1. The maximum Gasteiger partial charge on any atom is 0.258 e. The topological polar surface area (TPSA) is 44.7 Å². The number of ether oxygens (including phenoxy) is 1. The van der Waals surface area contributed by atoms with Crippen LogP contribution in [0, 0.1) is 0 Å². The second-order valence-corrected chi connectivity index (χ2v) is 5.47. The van der Waals surface area contributed by atoms with Gasteiger partial charge in [-0.3, -0.25) is 4.90 Å². The van der Waals surface area contributed by atoms with Gasteiger partial charge in [0.25, 0.3) is 6.43 Å². The van der Waals surface area contributed by atoms with E-state index in [1.807, 2.05) is 0 Å². The molecule has 0 aliphatic carbocycles. The van der Waals surface area contributed by atoms with Crippen molar-refractivity contribution in [2.45, 2.75) is 12.5 Å². The second kappa shape index (κ2) is 6.69. The predicted octanol–water partition coefficient (Wildman–Crippen LogP) is 2.37. The van der Waals surface area contributed by atoms with E-state index in [0.717, 1.165) is 0 Å². The number of rotatable bonds is 4. The smallest absolute Gasteiger partial charge is 0.258 e. The van der Waals surface area contributed by atoms with E-state index >= 15 is 0 Å². The van der Waals surface area contributed by atoms with Crippen LogP contribution in [0.4, 0.5) is 8.78 Å². The predicted molar refractivity (Wildman–Crippen MR) is 75.5 cm³/mol. The van der Waals surface area contributed by atoms with Crippen LogP contribution in [0.2, 0.25) is 0 Å². The zero-order valence-electron chi connectivity index (χ0n) is 11.1. The van der Waals surface area contributed by atoms with Crippen molar-refractivity contribution in [2.24, 2.45) is 0 Å². The molecule has 1 aliphatic rings. The van der Waals surface area contributed by atoms with Gasteiger partial charge < -0.3 is 15.2 Å². The number of alkyl halides is 2. The molecule has 0 bridgehead atoms. The Bertz CT molecular complexity index is 468. The molecule has 112 valence electrons. The van der Waals surface area contributed by atoms with Gasteiger partial charge in [-0.2, -0.15) is 0 Å². The number of phenolic OH excluding ortho intramolecular Hbond substituents is 1. The van der Waals surface area contributed by atoms with E-state index in [1.165, 1.54) is 19.2 Å². The number of aromatic hydroxyl groups is 1. The van der Waals surface area contributed by atoms with E-state index in [2.05, 4.69) is 21.2 Å². The van der Waals surface area contributed by atoms with Gasteiger partial charge in [0.2, 0.25) is 0 Å². The highest BCUT2D eigenvalue weighted by atomic mass is 79.9. The van der Waals surface area contributed by atoms with Gasteiger partial charge >= 0.3 is 0 Å². The molecule has 1 heterocycles. The third kappa shape index (κ3) is 3.21. The van der Waals surface area contributed by atoms with Crippen LogP contribution in [0.1, 0.15) is 11.6 Å². The van der Waals surface area contributed by atoms with Crippen LogP contribution in [0.5, 0.6) is 11.5 Å². The Balaban J connectivity index is 2.36. The quantitative estimate of drug-likeness (QED) is 0.874. The first kappa shape index (κ1) is 15.5. The largest absolute Gasteiger partial charge is 0.503 e. The van der Waals surface area contributed by atoms with Gasteiger partial charge in [0, 0.05) is 26.2 Å². The fraction of sp³-hybridized carbons (Fsp3) is 0.538. The molecule has 1 aliphatic heterocycles. The summed E-state index contributed by atoms with van der Waals surface area (Å²) in [6.45, 7) is 2.52. The van der Waals surface area contributed by atoms with Gasteiger partial charge in [0.05, 0.1) is 17.6 Å². The second-order valence-electron chi connectivity index (χ2n) is 4.62. The monoisotopic (exact) mass is 350 g/mol. The maximum absolute atomic E-state index is 13.5. The molecule has 1 fully saturated rings. The van der Waals surface area contributed by atoms with Crippen molar-refractivity contribution in [3.63, 3.8) is 0 Å². The summed E-state index contributed by atoms with van der Waals surface area (Å²) in [6.07, 6.45) is -2.51. The van der Waals surface area contributed by atoms with Gasteiger partial charge in [-0.15, -0.1) is 0 Å². The summed E-state index contributed by atoms with van der Waals surface area (Å²) in [5.74, 6) is 0.111. The summed E-state index contributed by atoms with van der Waals surface area (Å²) < 4.78 is 32.3. The van der Waals surface area contributed by atoms with E-state index in [9.17, 15) is 13.9 Å². The minimum Gasteiger partial charge on any atom is -0.503 e. The molecule has 20 heavy (non-hydrogen) atoms. The summed E-state index contributed by atoms with van der Waals surface area (Å²) >= 11 is 3.17. The molecule has 0 radical (unpaired) electrons. The molecule has 2 rings (SSSR count). The first-order chi connectivity index (χ1) is 9.54. The number of nitrogens with zero attached hydrogens (tertiary/aromatic N) is 1. The summed E-state index contributed by atoms with van der Waals surface area (Å²) in [4.78, 5) is 1.75. The van der Waals surface area contributed by atoms with E-state index in [0.29, 0.717) is 36.2 Å². The Morgan fingerprint density at radius 2 is 2.00 bits per heavy atom. The van der Waals surface area contributed by atoms with Crippen LogP contribution >= 0.6 is 15.9 Å². The van der Waals surface area contributed by atoms with Gasteiger partial charge in [0.15, 0.2) is 11.5 Å². The van der Waals surface area contributed by atoms with Crippen LogP contribution in [0.25, 0.3) is 0 Å². The molecule has 0 unspecified atom stereocenters. The number of benzene rings is 1. The zero-order chi connectivity index (χ0) is 14.7. The van der Waals surface area contributed by atoms with Crippen molar-refractivity contribution < 1.29 is 18.6 Å². The first-order valence-electron chi connectivity index (χ1n) is 6.34. The molecular formula is C13H17BrF2N2O2. The van der Waals surface area contributed by atoms with Crippen molar-refractivity contribution in [3.05, 3.63) is 22.2 Å². The van der Waals surface area contributed by atoms with Crippen LogP contribution in [0.15, 0.2) is 16.6 Å². The highest BCUT2D eigenvalue weighted by molar-refractivity contribution is 9.10. The molecule has 7 heteroatoms. The van der Waals surface area contributed by atoms with Crippen molar-refractivity contribution >= 4 is 15.9 Å². The lowest BCUT2D eigenvalue weighted by Crippen LogP contribution is -2.46. The van der Waals surface area contributed by atoms with Crippen LogP contribution in [-0.2, 0) is 0 Å². The minimum atomic E-state index is -2.51. The average Bonchev–Trinajstić information content (AvgIpc) is 2.43.